The number of amides is 1. The highest BCUT2D eigenvalue weighted by Crippen LogP contribution is 2.45. The zero-order valence-corrected chi connectivity index (χ0v) is 19.2. The third kappa shape index (κ3) is 4.82. The number of piperidine rings is 1. The van der Waals surface area contributed by atoms with Crippen LogP contribution in [0.3, 0.4) is 0 Å². The van der Waals surface area contributed by atoms with Crippen LogP contribution < -0.4 is 4.90 Å². The van der Waals surface area contributed by atoms with Crippen LogP contribution >= 0.6 is 0 Å². The minimum atomic E-state index is -4.61. The van der Waals surface area contributed by atoms with E-state index in [4.69, 9.17) is 10.00 Å². The number of nitrogens with zero attached hydrogens (tertiary/aromatic N) is 5. The average molecular weight is 486 g/mol. The predicted octanol–water partition coefficient (Wildman–Crippen LogP) is 3.76. The van der Waals surface area contributed by atoms with Crippen LogP contribution in [-0.2, 0) is 10.9 Å². The first kappa shape index (κ1) is 23.5. The van der Waals surface area contributed by atoms with Crippen molar-refractivity contribution in [1.82, 2.24) is 14.9 Å². The van der Waals surface area contributed by atoms with Gasteiger partial charge in [-0.25, -0.2) is 9.97 Å². The number of alkyl halides is 3. The number of ether oxygens (including phenoxy) is 1. The molecule has 0 unspecified atom stereocenters. The molecule has 1 aliphatic carbocycles. The van der Waals surface area contributed by atoms with Gasteiger partial charge in [-0.15, -0.1) is 0 Å². The fourth-order valence-electron chi connectivity index (χ4n) is 5.33. The summed E-state index contributed by atoms with van der Waals surface area (Å²) in [4.78, 5) is 24.8. The van der Waals surface area contributed by atoms with Crippen LogP contribution in [0, 0.1) is 28.6 Å². The molecular weight excluding hydrogens is 459 g/mol. The maximum Gasteiger partial charge on any atom is 0.417 e. The Hall–Kier alpha value is -3.19. The first-order chi connectivity index (χ1) is 16.8. The number of hydrogen-bond donors (Lipinski definition) is 0. The lowest BCUT2D eigenvalue weighted by atomic mass is 9.73. The topological polar surface area (TPSA) is 82.4 Å². The summed E-state index contributed by atoms with van der Waals surface area (Å²) in [6.07, 6.45) is 2.80. The summed E-state index contributed by atoms with van der Waals surface area (Å²) in [6, 6.07) is 5.53. The summed E-state index contributed by atoms with van der Waals surface area (Å²) in [5.74, 6) is 0.600. The van der Waals surface area contributed by atoms with Gasteiger partial charge in [-0.1, -0.05) is 0 Å². The number of hydrogen-bond acceptors (Lipinski definition) is 6. The highest BCUT2D eigenvalue weighted by molar-refractivity contribution is 5.93. The zero-order chi connectivity index (χ0) is 24.6. The molecule has 2 saturated heterocycles. The van der Waals surface area contributed by atoms with Crippen molar-refractivity contribution < 1.29 is 22.7 Å². The van der Waals surface area contributed by atoms with Crippen molar-refractivity contribution in [3.63, 3.8) is 0 Å². The fraction of sp³-hybridized carbons (Fsp3) is 0.520. The molecule has 1 saturated carbocycles. The highest BCUT2D eigenvalue weighted by atomic mass is 19.4. The molecule has 2 atom stereocenters. The molecule has 35 heavy (non-hydrogen) atoms. The van der Waals surface area contributed by atoms with E-state index >= 15 is 0 Å². The van der Waals surface area contributed by atoms with E-state index in [0.717, 1.165) is 25.3 Å². The van der Waals surface area contributed by atoms with Gasteiger partial charge < -0.3 is 14.5 Å². The van der Waals surface area contributed by atoms with E-state index in [1.807, 2.05) is 4.90 Å². The Morgan fingerprint density at radius 1 is 1.20 bits per heavy atom. The average Bonchev–Trinajstić information content (AvgIpc) is 3.60. The lowest BCUT2D eigenvalue weighted by Crippen LogP contribution is -2.53. The van der Waals surface area contributed by atoms with Crippen LogP contribution in [-0.4, -0.2) is 60.2 Å². The van der Waals surface area contributed by atoms with Gasteiger partial charge in [0.25, 0.3) is 5.91 Å². The van der Waals surface area contributed by atoms with Crippen molar-refractivity contribution in [2.75, 3.05) is 44.3 Å². The SMILES string of the molecule is N#Cc1ccc(N2C[C@@H]3CCN(C(=O)c4cncnc4)C[C@]3(COCC3CC3)C2)cc1C(F)(F)F. The summed E-state index contributed by atoms with van der Waals surface area (Å²) in [6.45, 7) is 3.17. The van der Waals surface area contributed by atoms with Gasteiger partial charge >= 0.3 is 6.18 Å². The number of benzene rings is 1. The van der Waals surface area contributed by atoms with Crippen LogP contribution in [0.1, 0.15) is 40.7 Å². The Balaban J connectivity index is 1.40. The summed E-state index contributed by atoms with van der Waals surface area (Å²) >= 11 is 0. The molecule has 1 amide bonds. The van der Waals surface area contributed by atoms with Crippen molar-refractivity contribution in [2.45, 2.75) is 25.4 Å². The molecule has 1 aromatic heterocycles. The van der Waals surface area contributed by atoms with E-state index in [0.29, 0.717) is 56.6 Å². The monoisotopic (exact) mass is 485 g/mol. The number of likely N-dealkylation sites (tertiary alicyclic amines) is 1. The Morgan fingerprint density at radius 2 is 1.97 bits per heavy atom. The first-order valence-electron chi connectivity index (χ1n) is 11.8. The number of nitriles is 1. The van der Waals surface area contributed by atoms with Gasteiger partial charge in [0.15, 0.2) is 0 Å². The van der Waals surface area contributed by atoms with E-state index in [1.165, 1.54) is 24.8 Å². The standard InChI is InChI=1S/C25H26F3N5O2/c26-25(27,28)22-7-21(4-3-18(22)8-29)33-11-20-5-6-32(23(34)19-9-30-16-31-10-19)13-24(20,14-33)15-35-12-17-1-2-17/h3-4,7,9-10,16-17,20H,1-2,5-6,11-15H2/t20-,24+/m0/s1. The van der Waals surface area contributed by atoms with Crippen molar-refractivity contribution in [3.05, 3.63) is 53.6 Å². The summed E-state index contributed by atoms with van der Waals surface area (Å²) in [7, 11) is 0. The van der Waals surface area contributed by atoms with E-state index in [2.05, 4.69) is 9.97 Å². The summed E-state index contributed by atoms with van der Waals surface area (Å²) < 4.78 is 46.9. The van der Waals surface area contributed by atoms with E-state index in [-0.39, 0.29) is 17.4 Å². The molecule has 0 N–H and O–H groups in total. The van der Waals surface area contributed by atoms with Gasteiger partial charge in [-0.3, -0.25) is 4.79 Å². The molecule has 3 fully saturated rings. The van der Waals surface area contributed by atoms with Crippen LogP contribution in [0.15, 0.2) is 36.9 Å². The predicted molar refractivity (Wildman–Crippen MR) is 120 cm³/mol. The molecule has 0 spiro atoms. The van der Waals surface area contributed by atoms with Gasteiger partial charge in [0.05, 0.1) is 29.4 Å². The molecule has 0 radical (unpaired) electrons. The third-order valence-electron chi connectivity index (χ3n) is 7.39. The Bertz CT molecular complexity index is 1130. The number of aromatic nitrogens is 2. The van der Waals surface area contributed by atoms with Crippen LogP contribution in [0.4, 0.5) is 18.9 Å². The molecular formula is C25H26F3N5O2. The van der Waals surface area contributed by atoms with Gasteiger partial charge in [0.2, 0.25) is 0 Å². The first-order valence-corrected chi connectivity index (χ1v) is 11.8. The second-order valence-corrected chi connectivity index (χ2v) is 9.88. The lowest BCUT2D eigenvalue weighted by molar-refractivity contribution is -0.137. The number of rotatable bonds is 6. The number of fused-ring (bicyclic) bond motifs is 1. The highest BCUT2D eigenvalue weighted by Gasteiger charge is 2.51. The maximum atomic E-state index is 13.6. The minimum absolute atomic E-state index is 0.151. The Kier molecular flexibility index (Phi) is 6.13. The van der Waals surface area contributed by atoms with Gasteiger partial charge in [0, 0.05) is 56.3 Å². The Morgan fingerprint density at radius 3 is 2.66 bits per heavy atom. The van der Waals surface area contributed by atoms with Crippen LogP contribution in [0.25, 0.3) is 0 Å². The van der Waals surface area contributed by atoms with E-state index in [9.17, 15) is 18.0 Å². The Labute approximate surface area is 201 Å². The van der Waals surface area contributed by atoms with E-state index in [1.54, 1.807) is 17.0 Å². The molecule has 3 aliphatic rings. The number of halogens is 3. The largest absolute Gasteiger partial charge is 0.417 e. The molecule has 1 aromatic carbocycles. The molecule has 7 nitrogen and oxygen atoms in total. The third-order valence-corrected chi connectivity index (χ3v) is 7.39. The number of carbonyl (C=O) groups excluding carboxylic acids is 1. The zero-order valence-electron chi connectivity index (χ0n) is 19.2. The number of anilines is 1. The summed E-state index contributed by atoms with van der Waals surface area (Å²) in [5.41, 5.74) is -0.863. The quantitative estimate of drug-likeness (QED) is 0.620. The molecule has 184 valence electrons. The van der Waals surface area contributed by atoms with Gasteiger partial charge in [-0.2, -0.15) is 18.4 Å². The summed E-state index contributed by atoms with van der Waals surface area (Å²) in [5, 5.41) is 9.14. The normalized spacial score (nSPS) is 24.2. The minimum Gasteiger partial charge on any atom is -0.380 e. The maximum absolute atomic E-state index is 13.6. The molecule has 10 heteroatoms. The second kappa shape index (κ2) is 9.11. The van der Waals surface area contributed by atoms with Crippen LogP contribution in [0.2, 0.25) is 0 Å². The van der Waals surface area contributed by atoms with Crippen molar-refractivity contribution >= 4 is 11.6 Å². The van der Waals surface area contributed by atoms with E-state index < -0.39 is 17.2 Å². The molecule has 0 bridgehead atoms. The second-order valence-electron chi connectivity index (χ2n) is 9.88. The lowest BCUT2D eigenvalue weighted by Gasteiger charge is -2.43. The van der Waals surface area contributed by atoms with Crippen molar-refractivity contribution in [3.8, 4) is 6.07 Å². The van der Waals surface area contributed by atoms with Gasteiger partial charge in [-0.05, 0) is 49.3 Å². The molecule has 2 aliphatic heterocycles. The van der Waals surface area contributed by atoms with Gasteiger partial charge in [0.1, 0.15) is 6.33 Å². The molecule has 2 aromatic rings. The van der Waals surface area contributed by atoms with Crippen molar-refractivity contribution in [2.24, 2.45) is 17.3 Å². The van der Waals surface area contributed by atoms with Crippen molar-refractivity contribution in [1.29, 1.82) is 5.26 Å². The molecule has 5 rings (SSSR count). The number of carbonyl (C=O) groups is 1. The molecule has 3 heterocycles. The van der Waals surface area contributed by atoms with Crippen LogP contribution in [0.5, 0.6) is 0 Å². The fourth-order valence-corrected chi connectivity index (χ4v) is 5.33. The smallest absolute Gasteiger partial charge is 0.380 e.